The van der Waals surface area contributed by atoms with Crippen LogP contribution >= 0.6 is 15.9 Å². The standard InChI is InChI=1S/C14H18BrN/c1-11-7-8-13(15)9-14(11)16-10-12-5-3-2-4-6-12/h2-3,7-9,12,16H,4-6,10H2,1H3. The fraction of sp³-hybridized carbons (Fsp3) is 0.429. The molecule has 0 aromatic heterocycles. The van der Waals surface area contributed by atoms with Gasteiger partial charge in [0.05, 0.1) is 0 Å². The average molecular weight is 280 g/mol. The molecule has 0 saturated heterocycles. The minimum atomic E-state index is 0.795. The van der Waals surface area contributed by atoms with Crippen molar-refractivity contribution in [2.45, 2.75) is 26.2 Å². The van der Waals surface area contributed by atoms with Crippen LogP contribution in [0.15, 0.2) is 34.8 Å². The number of rotatable bonds is 3. The van der Waals surface area contributed by atoms with E-state index in [1.54, 1.807) is 0 Å². The summed E-state index contributed by atoms with van der Waals surface area (Å²) in [5.74, 6) is 0.795. The summed E-state index contributed by atoms with van der Waals surface area (Å²) in [6, 6.07) is 6.39. The molecule has 1 aromatic rings. The van der Waals surface area contributed by atoms with E-state index in [1.807, 2.05) is 0 Å². The molecule has 1 atom stereocenters. The minimum absolute atomic E-state index is 0.795. The molecule has 1 N–H and O–H groups in total. The molecule has 0 aliphatic heterocycles. The number of hydrogen-bond acceptors (Lipinski definition) is 1. The summed E-state index contributed by atoms with van der Waals surface area (Å²) in [7, 11) is 0. The highest BCUT2D eigenvalue weighted by Crippen LogP contribution is 2.23. The maximum atomic E-state index is 3.56. The summed E-state index contributed by atoms with van der Waals surface area (Å²) >= 11 is 3.51. The van der Waals surface area contributed by atoms with Gasteiger partial charge < -0.3 is 5.32 Å². The van der Waals surface area contributed by atoms with Crippen molar-refractivity contribution in [1.82, 2.24) is 0 Å². The lowest BCUT2D eigenvalue weighted by molar-refractivity contribution is 0.504. The van der Waals surface area contributed by atoms with Crippen molar-refractivity contribution in [2.75, 3.05) is 11.9 Å². The first-order chi connectivity index (χ1) is 7.75. The fourth-order valence-corrected chi connectivity index (χ4v) is 2.44. The normalized spacial score (nSPS) is 19.8. The lowest BCUT2D eigenvalue weighted by atomic mass is 9.94. The van der Waals surface area contributed by atoms with Gasteiger partial charge in [0.15, 0.2) is 0 Å². The Bertz CT molecular complexity index is 384. The summed E-state index contributed by atoms with van der Waals surface area (Å²) in [5, 5.41) is 3.56. The van der Waals surface area contributed by atoms with Crippen LogP contribution in [0.3, 0.4) is 0 Å². The average Bonchev–Trinajstić information content (AvgIpc) is 2.32. The summed E-state index contributed by atoms with van der Waals surface area (Å²) in [4.78, 5) is 0. The van der Waals surface area contributed by atoms with E-state index < -0.39 is 0 Å². The number of nitrogens with one attached hydrogen (secondary N) is 1. The van der Waals surface area contributed by atoms with Crippen molar-refractivity contribution in [3.63, 3.8) is 0 Å². The molecule has 1 nitrogen and oxygen atoms in total. The highest BCUT2D eigenvalue weighted by atomic mass is 79.9. The largest absolute Gasteiger partial charge is 0.385 e. The highest BCUT2D eigenvalue weighted by molar-refractivity contribution is 9.10. The second kappa shape index (κ2) is 5.53. The van der Waals surface area contributed by atoms with Crippen LogP contribution in [0.5, 0.6) is 0 Å². The molecule has 1 aliphatic carbocycles. The Kier molecular flexibility index (Phi) is 4.05. The van der Waals surface area contributed by atoms with Crippen molar-refractivity contribution < 1.29 is 0 Å². The molecule has 0 spiro atoms. The van der Waals surface area contributed by atoms with Crippen molar-refractivity contribution in [3.05, 3.63) is 40.4 Å². The quantitative estimate of drug-likeness (QED) is 0.802. The third kappa shape index (κ3) is 3.11. The molecule has 16 heavy (non-hydrogen) atoms. The Labute approximate surface area is 106 Å². The van der Waals surface area contributed by atoms with Gasteiger partial charge in [-0.3, -0.25) is 0 Å². The Morgan fingerprint density at radius 3 is 3.00 bits per heavy atom. The van der Waals surface area contributed by atoms with Crippen LogP contribution in [0.1, 0.15) is 24.8 Å². The zero-order valence-corrected chi connectivity index (χ0v) is 11.3. The number of allylic oxidation sites excluding steroid dienone is 2. The van der Waals surface area contributed by atoms with Crippen LogP contribution in [0.25, 0.3) is 0 Å². The van der Waals surface area contributed by atoms with Gasteiger partial charge in [-0.1, -0.05) is 34.1 Å². The van der Waals surface area contributed by atoms with Crippen molar-refractivity contribution in [1.29, 1.82) is 0 Å². The van der Waals surface area contributed by atoms with Gasteiger partial charge in [0.25, 0.3) is 0 Å². The SMILES string of the molecule is Cc1ccc(Br)cc1NCC1CC=CCC1. The summed E-state index contributed by atoms with van der Waals surface area (Å²) in [6.07, 6.45) is 8.38. The van der Waals surface area contributed by atoms with Crippen LogP contribution in [-0.2, 0) is 0 Å². The van der Waals surface area contributed by atoms with E-state index in [2.05, 4.69) is 58.5 Å². The summed E-state index contributed by atoms with van der Waals surface area (Å²) in [6.45, 7) is 3.23. The molecule has 1 aliphatic rings. The lowest BCUT2D eigenvalue weighted by Gasteiger charge is -2.19. The third-order valence-electron chi connectivity index (χ3n) is 3.16. The maximum absolute atomic E-state index is 3.56. The number of anilines is 1. The van der Waals surface area contributed by atoms with Crippen LogP contribution in [0.2, 0.25) is 0 Å². The molecule has 2 heteroatoms. The monoisotopic (exact) mass is 279 g/mol. The number of hydrogen-bond donors (Lipinski definition) is 1. The predicted octanol–water partition coefficient (Wildman–Crippen LogP) is 4.53. The molecule has 0 saturated carbocycles. The van der Waals surface area contributed by atoms with Gasteiger partial charge in [-0.2, -0.15) is 0 Å². The Hall–Kier alpha value is -0.760. The number of aryl methyl sites for hydroxylation is 1. The minimum Gasteiger partial charge on any atom is -0.385 e. The molecule has 0 bridgehead atoms. The van der Waals surface area contributed by atoms with E-state index in [9.17, 15) is 0 Å². The summed E-state index contributed by atoms with van der Waals surface area (Å²) < 4.78 is 1.14. The van der Waals surface area contributed by atoms with Crippen LogP contribution in [-0.4, -0.2) is 6.54 Å². The molecular weight excluding hydrogens is 262 g/mol. The number of benzene rings is 1. The molecular formula is C14H18BrN. The van der Waals surface area contributed by atoms with Crippen molar-refractivity contribution in [2.24, 2.45) is 5.92 Å². The zero-order chi connectivity index (χ0) is 11.4. The van der Waals surface area contributed by atoms with E-state index >= 15 is 0 Å². The van der Waals surface area contributed by atoms with E-state index in [0.29, 0.717) is 0 Å². The molecule has 0 amide bonds. The van der Waals surface area contributed by atoms with Crippen LogP contribution in [0, 0.1) is 12.8 Å². The van der Waals surface area contributed by atoms with Gasteiger partial charge in [0, 0.05) is 16.7 Å². The van der Waals surface area contributed by atoms with Crippen molar-refractivity contribution >= 4 is 21.6 Å². The summed E-state index contributed by atoms with van der Waals surface area (Å²) in [5.41, 5.74) is 2.57. The highest BCUT2D eigenvalue weighted by Gasteiger charge is 2.09. The van der Waals surface area contributed by atoms with E-state index in [4.69, 9.17) is 0 Å². The molecule has 0 radical (unpaired) electrons. The zero-order valence-electron chi connectivity index (χ0n) is 9.67. The van der Waals surface area contributed by atoms with E-state index in [0.717, 1.165) is 16.9 Å². The molecule has 1 aromatic carbocycles. The van der Waals surface area contributed by atoms with Crippen LogP contribution < -0.4 is 5.32 Å². The fourth-order valence-electron chi connectivity index (χ4n) is 2.08. The van der Waals surface area contributed by atoms with Crippen molar-refractivity contribution in [3.8, 4) is 0 Å². The first kappa shape index (κ1) is 11.7. The Morgan fingerprint density at radius 1 is 1.38 bits per heavy atom. The third-order valence-corrected chi connectivity index (χ3v) is 3.65. The predicted molar refractivity (Wildman–Crippen MR) is 73.8 cm³/mol. The van der Waals surface area contributed by atoms with E-state index in [-0.39, 0.29) is 0 Å². The second-order valence-electron chi connectivity index (χ2n) is 4.49. The number of halogens is 1. The van der Waals surface area contributed by atoms with Gasteiger partial charge in [0.1, 0.15) is 0 Å². The van der Waals surface area contributed by atoms with Crippen LogP contribution in [0.4, 0.5) is 5.69 Å². The Morgan fingerprint density at radius 2 is 2.25 bits per heavy atom. The van der Waals surface area contributed by atoms with E-state index in [1.165, 1.54) is 30.5 Å². The first-order valence-electron chi connectivity index (χ1n) is 5.91. The second-order valence-corrected chi connectivity index (χ2v) is 5.41. The maximum Gasteiger partial charge on any atom is 0.0381 e. The lowest BCUT2D eigenvalue weighted by Crippen LogP contribution is -2.15. The Balaban J connectivity index is 1.93. The topological polar surface area (TPSA) is 12.0 Å². The van der Waals surface area contributed by atoms with Gasteiger partial charge in [-0.05, 0) is 49.8 Å². The van der Waals surface area contributed by atoms with Gasteiger partial charge in [0.2, 0.25) is 0 Å². The first-order valence-corrected chi connectivity index (χ1v) is 6.70. The molecule has 0 heterocycles. The smallest absolute Gasteiger partial charge is 0.0381 e. The van der Waals surface area contributed by atoms with Gasteiger partial charge in [-0.25, -0.2) is 0 Å². The van der Waals surface area contributed by atoms with Gasteiger partial charge in [-0.15, -0.1) is 0 Å². The van der Waals surface area contributed by atoms with Gasteiger partial charge >= 0.3 is 0 Å². The molecule has 0 fully saturated rings. The molecule has 2 rings (SSSR count). The molecule has 86 valence electrons. The molecule has 1 unspecified atom stereocenters.